The largest absolute Gasteiger partial charge is 0.345 e. The van der Waals surface area contributed by atoms with Gasteiger partial charge in [0.25, 0.3) is 0 Å². The van der Waals surface area contributed by atoms with E-state index < -0.39 is 5.54 Å². The Morgan fingerprint density at radius 3 is 2.33 bits per heavy atom. The molecule has 1 aliphatic rings. The second-order valence-corrected chi connectivity index (χ2v) is 4.49. The Morgan fingerprint density at radius 2 is 1.87 bits per heavy atom. The second kappa shape index (κ2) is 4.61. The van der Waals surface area contributed by atoms with Crippen molar-refractivity contribution in [1.29, 1.82) is 0 Å². The first kappa shape index (κ1) is 12.0. The molecule has 2 amide bonds. The summed E-state index contributed by atoms with van der Waals surface area (Å²) in [5, 5.41) is 2.54. The van der Waals surface area contributed by atoms with Gasteiger partial charge in [-0.2, -0.15) is 0 Å². The van der Waals surface area contributed by atoms with Crippen LogP contribution >= 0.6 is 0 Å². The first-order chi connectivity index (χ1) is 6.91. The van der Waals surface area contributed by atoms with E-state index in [1.807, 2.05) is 0 Å². The molecule has 0 saturated carbocycles. The Morgan fingerprint density at radius 1 is 1.33 bits per heavy atom. The maximum absolute atomic E-state index is 11.5. The van der Waals surface area contributed by atoms with Gasteiger partial charge in [-0.05, 0) is 26.7 Å². The van der Waals surface area contributed by atoms with Gasteiger partial charge >= 0.3 is 0 Å². The van der Waals surface area contributed by atoms with Crippen LogP contribution in [0.2, 0.25) is 0 Å². The van der Waals surface area contributed by atoms with Crippen LogP contribution in [0.15, 0.2) is 0 Å². The summed E-state index contributed by atoms with van der Waals surface area (Å²) in [7, 11) is 0. The summed E-state index contributed by atoms with van der Waals surface area (Å²) in [5.74, 6) is -0.319. The third kappa shape index (κ3) is 3.51. The molecule has 1 fully saturated rings. The maximum Gasteiger partial charge on any atom is 0.241 e. The molecule has 0 aromatic heterocycles. The lowest BCUT2D eigenvalue weighted by molar-refractivity contribution is -0.133. The summed E-state index contributed by atoms with van der Waals surface area (Å²) in [6.07, 6.45) is 2.12. The zero-order valence-electron chi connectivity index (χ0n) is 9.38. The van der Waals surface area contributed by atoms with E-state index in [1.54, 1.807) is 18.7 Å². The van der Waals surface area contributed by atoms with E-state index in [1.165, 1.54) is 0 Å². The van der Waals surface area contributed by atoms with Crippen molar-refractivity contribution in [3.8, 4) is 0 Å². The molecule has 3 N–H and O–H groups in total. The Bertz CT molecular complexity index is 252. The lowest BCUT2D eigenvalue weighted by atomic mass is 10.1. The molecule has 86 valence electrons. The predicted molar refractivity (Wildman–Crippen MR) is 57.1 cm³/mol. The molecule has 5 nitrogen and oxygen atoms in total. The monoisotopic (exact) mass is 213 g/mol. The minimum absolute atomic E-state index is 0.0231. The second-order valence-electron chi connectivity index (χ2n) is 4.49. The van der Waals surface area contributed by atoms with Crippen LogP contribution in [0.4, 0.5) is 0 Å². The molecule has 0 spiro atoms. The minimum Gasteiger partial charge on any atom is -0.345 e. The molecule has 0 aliphatic carbocycles. The quantitative estimate of drug-likeness (QED) is 0.661. The molecule has 0 aromatic rings. The van der Waals surface area contributed by atoms with Crippen molar-refractivity contribution < 1.29 is 9.59 Å². The van der Waals surface area contributed by atoms with Gasteiger partial charge < -0.3 is 16.0 Å². The lowest BCUT2D eigenvalue weighted by Crippen LogP contribution is -2.51. The zero-order chi connectivity index (χ0) is 11.5. The standard InChI is InChI=1S/C10H19N3O2/c1-10(2,11)9(15)12-7-8(14)13-5-3-4-6-13/h3-7,11H2,1-2H3,(H,12,15). The highest BCUT2D eigenvalue weighted by molar-refractivity contribution is 5.89. The number of hydrogen-bond donors (Lipinski definition) is 2. The highest BCUT2D eigenvalue weighted by atomic mass is 16.2. The molecular formula is C10H19N3O2. The van der Waals surface area contributed by atoms with Crippen LogP contribution < -0.4 is 11.1 Å². The number of rotatable bonds is 3. The summed E-state index contributed by atoms with van der Waals surface area (Å²) in [4.78, 5) is 24.7. The number of nitrogens with zero attached hydrogens (tertiary/aromatic N) is 1. The van der Waals surface area contributed by atoms with E-state index in [2.05, 4.69) is 5.32 Å². The fraction of sp³-hybridized carbons (Fsp3) is 0.800. The molecule has 5 heteroatoms. The summed E-state index contributed by atoms with van der Waals surface area (Å²) in [6, 6.07) is 0. The van der Waals surface area contributed by atoms with Crippen molar-refractivity contribution in [3.05, 3.63) is 0 Å². The van der Waals surface area contributed by atoms with Gasteiger partial charge in [0, 0.05) is 13.1 Å². The third-order valence-electron chi connectivity index (χ3n) is 2.44. The first-order valence-corrected chi connectivity index (χ1v) is 5.26. The van der Waals surface area contributed by atoms with Gasteiger partial charge in [-0.1, -0.05) is 0 Å². The van der Waals surface area contributed by atoms with E-state index in [4.69, 9.17) is 5.73 Å². The van der Waals surface area contributed by atoms with Crippen molar-refractivity contribution in [2.24, 2.45) is 5.73 Å². The molecule has 0 radical (unpaired) electrons. The van der Waals surface area contributed by atoms with E-state index in [-0.39, 0.29) is 18.4 Å². The van der Waals surface area contributed by atoms with E-state index in [9.17, 15) is 9.59 Å². The number of hydrogen-bond acceptors (Lipinski definition) is 3. The number of nitrogens with one attached hydrogen (secondary N) is 1. The van der Waals surface area contributed by atoms with Crippen molar-refractivity contribution in [2.75, 3.05) is 19.6 Å². The topological polar surface area (TPSA) is 75.4 Å². The summed E-state index contributed by atoms with van der Waals surface area (Å²) < 4.78 is 0. The molecule has 0 aromatic carbocycles. The molecule has 1 aliphatic heterocycles. The number of carbonyl (C=O) groups is 2. The fourth-order valence-corrected chi connectivity index (χ4v) is 1.46. The Labute approximate surface area is 90.0 Å². The minimum atomic E-state index is -0.925. The van der Waals surface area contributed by atoms with Gasteiger partial charge in [-0.25, -0.2) is 0 Å². The first-order valence-electron chi connectivity index (χ1n) is 5.26. The maximum atomic E-state index is 11.5. The van der Waals surface area contributed by atoms with Crippen LogP contribution in [0.25, 0.3) is 0 Å². The van der Waals surface area contributed by atoms with E-state index in [0.717, 1.165) is 25.9 Å². The molecule has 1 saturated heterocycles. The number of likely N-dealkylation sites (tertiary alicyclic amines) is 1. The summed E-state index contributed by atoms with van der Waals surface area (Å²) in [6.45, 7) is 4.90. The van der Waals surface area contributed by atoms with Crippen LogP contribution in [0.1, 0.15) is 26.7 Å². The van der Waals surface area contributed by atoms with Gasteiger partial charge in [0.15, 0.2) is 0 Å². The molecule has 0 bridgehead atoms. The van der Waals surface area contributed by atoms with Gasteiger partial charge in [-0.15, -0.1) is 0 Å². The van der Waals surface area contributed by atoms with Crippen LogP contribution in [0.3, 0.4) is 0 Å². The van der Waals surface area contributed by atoms with Gasteiger partial charge in [0.2, 0.25) is 11.8 Å². The van der Waals surface area contributed by atoms with Crippen LogP contribution in [-0.4, -0.2) is 41.9 Å². The Hall–Kier alpha value is -1.10. The molecule has 1 heterocycles. The molecule has 15 heavy (non-hydrogen) atoms. The van der Waals surface area contributed by atoms with E-state index in [0.29, 0.717) is 0 Å². The van der Waals surface area contributed by atoms with Crippen molar-refractivity contribution in [3.63, 3.8) is 0 Å². The van der Waals surface area contributed by atoms with E-state index >= 15 is 0 Å². The van der Waals surface area contributed by atoms with Crippen LogP contribution in [0.5, 0.6) is 0 Å². The molecule has 0 unspecified atom stereocenters. The van der Waals surface area contributed by atoms with Crippen LogP contribution in [-0.2, 0) is 9.59 Å². The van der Waals surface area contributed by atoms with Crippen LogP contribution in [0, 0.1) is 0 Å². The summed E-state index contributed by atoms with van der Waals surface area (Å²) >= 11 is 0. The third-order valence-corrected chi connectivity index (χ3v) is 2.44. The molecule has 1 rings (SSSR count). The molecular weight excluding hydrogens is 194 g/mol. The highest BCUT2D eigenvalue weighted by Gasteiger charge is 2.23. The number of carbonyl (C=O) groups excluding carboxylic acids is 2. The average molecular weight is 213 g/mol. The van der Waals surface area contributed by atoms with Gasteiger partial charge in [0.05, 0.1) is 12.1 Å². The Balaban J connectivity index is 2.30. The summed E-state index contributed by atoms with van der Waals surface area (Å²) in [5.41, 5.74) is 4.66. The SMILES string of the molecule is CC(C)(N)C(=O)NCC(=O)N1CCCC1. The average Bonchev–Trinajstić information content (AvgIpc) is 2.64. The number of nitrogens with two attached hydrogens (primary N) is 1. The fourth-order valence-electron chi connectivity index (χ4n) is 1.46. The number of amides is 2. The van der Waals surface area contributed by atoms with Crippen molar-refractivity contribution in [2.45, 2.75) is 32.2 Å². The zero-order valence-corrected chi connectivity index (χ0v) is 9.38. The van der Waals surface area contributed by atoms with Crippen molar-refractivity contribution >= 4 is 11.8 Å². The molecule has 0 atom stereocenters. The van der Waals surface area contributed by atoms with Gasteiger partial charge in [0.1, 0.15) is 0 Å². The van der Waals surface area contributed by atoms with Crippen molar-refractivity contribution in [1.82, 2.24) is 10.2 Å². The predicted octanol–water partition coefficient (Wildman–Crippen LogP) is -0.538. The highest BCUT2D eigenvalue weighted by Crippen LogP contribution is 2.06. The Kier molecular flexibility index (Phi) is 3.68. The lowest BCUT2D eigenvalue weighted by Gasteiger charge is -2.20. The smallest absolute Gasteiger partial charge is 0.241 e. The normalized spacial score (nSPS) is 16.6. The van der Waals surface area contributed by atoms with Gasteiger partial charge in [-0.3, -0.25) is 9.59 Å².